The maximum atomic E-state index is 12.5. The van der Waals surface area contributed by atoms with E-state index in [-0.39, 0.29) is 11.8 Å². The minimum Gasteiger partial charge on any atom is -0.479 e. The van der Waals surface area contributed by atoms with Crippen LogP contribution in [0.4, 0.5) is 11.4 Å². The molecular weight excluding hydrogens is 304 g/mol. The summed E-state index contributed by atoms with van der Waals surface area (Å²) in [5, 5.41) is 2.90. The number of aryl methyl sites for hydroxylation is 2. The van der Waals surface area contributed by atoms with E-state index in [0.29, 0.717) is 17.0 Å². The van der Waals surface area contributed by atoms with Crippen molar-refractivity contribution in [2.75, 3.05) is 17.3 Å². The Hall–Kier alpha value is -2.82. The molecule has 1 aliphatic rings. The van der Waals surface area contributed by atoms with Crippen LogP contribution in [-0.2, 0) is 4.79 Å². The van der Waals surface area contributed by atoms with Crippen LogP contribution in [0.2, 0.25) is 0 Å². The number of rotatable bonds is 2. The molecule has 2 aromatic rings. The molecule has 124 valence electrons. The number of nitrogens with one attached hydrogen (secondary N) is 1. The first-order valence-corrected chi connectivity index (χ1v) is 7.83. The van der Waals surface area contributed by atoms with Gasteiger partial charge in [-0.05, 0) is 62.2 Å². The predicted octanol–water partition coefficient (Wildman–Crippen LogP) is 3.30. The lowest BCUT2D eigenvalue weighted by atomic mass is 10.1. The highest BCUT2D eigenvalue weighted by Crippen LogP contribution is 2.34. The maximum absolute atomic E-state index is 12.5. The van der Waals surface area contributed by atoms with E-state index in [1.165, 1.54) is 0 Å². The number of likely N-dealkylation sites (N-methyl/N-ethyl adjacent to an activating group) is 1. The van der Waals surface area contributed by atoms with Crippen molar-refractivity contribution in [2.45, 2.75) is 26.9 Å². The lowest BCUT2D eigenvalue weighted by molar-refractivity contribution is -0.125. The number of anilines is 2. The highest BCUT2D eigenvalue weighted by Gasteiger charge is 2.29. The molecule has 0 fully saturated rings. The molecule has 2 amide bonds. The Morgan fingerprint density at radius 1 is 1.12 bits per heavy atom. The average molecular weight is 324 g/mol. The number of benzene rings is 2. The minimum atomic E-state index is -0.555. The van der Waals surface area contributed by atoms with Crippen LogP contribution in [-0.4, -0.2) is 25.0 Å². The van der Waals surface area contributed by atoms with Gasteiger partial charge in [0.25, 0.3) is 11.8 Å². The Morgan fingerprint density at radius 2 is 1.79 bits per heavy atom. The van der Waals surface area contributed by atoms with Gasteiger partial charge in [-0.15, -0.1) is 0 Å². The average Bonchev–Trinajstić information content (AvgIpc) is 2.51. The van der Waals surface area contributed by atoms with Gasteiger partial charge in [0.15, 0.2) is 6.10 Å². The van der Waals surface area contributed by atoms with Crippen LogP contribution < -0.4 is 15.0 Å². The highest BCUT2D eigenvalue weighted by atomic mass is 16.5. The summed E-state index contributed by atoms with van der Waals surface area (Å²) < 4.78 is 5.62. The van der Waals surface area contributed by atoms with Crippen molar-refractivity contribution in [3.63, 3.8) is 0 Å². The summed E-state index contributed by atoms with van der Waals surface area (Å²) in [6.07, 6.45) is -0.555. The fraction of sp³-hybridized carbons (Fsp3) is 0.263. The number of ether oxygens (including phenoxy) is 1. The molecule has 1 heterocycles. The second kappa shape index (κ2) is 6.00. The summed E-state index contributed by atoms with van der Waals surface area (Å²) in [5.41, 5.74) is 4.10. The first kappa shape index (κ1) is 16.1. The van der Waals surface area contributed by atoms with Gasteiger partial charge in [-0.3, -0.25) is 9.59 Å². The van der Waals surface area contributed by atoms with E-state index in [1.807, 2.05) is 26.0 Å². The summed E-state index contributed by atoms with van der Waals surface area (Å²) in [7, 11) is 1.70. The molecule has 0 bridgehead atoms. The Morgan fingerprint density at radius 3 is 2.46 bits per heavy atom. The van der Waals surface area contributed by atoms with Gasteiger partial charge >= 0.3 is 0 Å². The third-order valence-electron chi connectivity index (χ3n) is 4.04. The van der Waals surface area contributed by atoms with E-state index >= 15 is 0 Å². The molecule has 0 spiro atoms. The number of nitrogens with zero attached hydrogens (tertiary/aromatic N) is 1. The molecule has 1 atom stereocenters. The van der Waals surface area contributed by atoms with E-state index in [9.17, 15) is 9.59 Å². The predicted molar refractivity (Wildman–Crippen MR) is 93.8 cm³/mol. The van der Waals surface area contributed by atoms with Crippen LogP contribution in [0, 0.1) is 13.8 Å². The van der Waals surface area contributed by atoms with Crippen LogP contribution in [0.1, 0.15) is 28.4 Å². The highest BCUT2D eigenvalue weighted by molar-refractivity contribution is 6.06. The Bertz CT molecular complexity index is 809. The maximum Gasteiger partial charge on any atom is 0.267 e. The molecule has 24 heavy (non-hydrogen) atoms. The monoisotopic (exact) mass is 324 g/mol. The van der Waals surface area contributed by atoms with E-state index in [2.05, 4.69) is 11.4 Å². The van der Waals surface area contributed by atoms with Crippen molar-refractivity contribution in [3.05, 3.63) is 53.1 Å². The Balaban J connectivity index is 1.86. The number of carbonyl (C=O) groups is 2. The molecular formula is C19H20N2O3. The normalized spacial score (nSPS) is 16.4. The van der Waals surface area contributed by atoms with Crippen LogP contribution in [0.25, 0.3) is 0 Å². The largest absolute Gasteiger partial charge is 0.479 e. The number of carbonyl (C=O) groups excluding carboxylic acids is 2. The van der Waals surface area contributed by atoms with Crippen LogP contribution in [0.3, 0.4) is 0 Å². The summed E-state index contributed by atoms with van der Waals surface area (Å²) in [4.78, 5) is 26.0. The lowest BCUT2D eigenvalue weighted by Crippen LogP contribution is -2.42. The zero-order valence-electron chi connectivity index (χ0n) is 14.2. The molecule has 1 unspecified atom stereocenters. The fourth-order valence-corrected chi connectivity index (χ4v) is 2.91. The smallest absolute Gasteiger partial charge is 0.267 e. The van der Waals surface area contributed by atoms with Gasteiger partial charge in [0.2, 0.25) is 0 Å². The first-order chi connectivity index (χ1) is 11.3. The van der Waals surface area contributed by atoms with Gasteiger partial charge in [0.1, 0.15) is 5.75 Å². The Kier molecular flexibility index (Phi) is 4.01. The van der Waals surface area contributed by atoms with E-state index in [1.54, 1.807) is 37.1 Å². The van der Waals surface area contributed by atoms with Crippen LogP contribution in [0.5, 0.6) is 5.75 Å². The van der Waals surface area contributed by atoms with Gasteiger partial charge < -0.3 is 15.0 Å². The zero-order chi connectivity index (χ0) is 17.4. The van der Waals surface area contributed by atoms with Crippen molar-refractivity contribution in [1.82, 2.24) is 0 Å². The zero-order valence-corrected chi connectivity index (χ0v) is 14.2. The van der Waals surface area contributed by atoms with E-state index in [0.717, 1.165) is 16.8 Å². The molecule has 5 heteroatoms. The minimum absolute atomic E-state index is 0.102. The number of hydrogen-bond donors (Lipinski definition) is 1. The van der Waals surface area contributed by atoms with Crippen LogP contribution in [0.15, 0.2) is 36.4 Å². The molecule has 1 N–H and O–H groups in total. The lowest BCUT2D eigenvalue weighted by Gasteiger charge is -2.30. The van der Waals surface area contributed by atoms with Gasteiger partial charge in [-0.25, -0.2) is 0 Å². The number of fused-ring (bicyclic) bond motifs is 1. The molecule has 5 nitrogen and oxygen atoms in total. The van der Waals surface area contributed by atoms with Gasteiger partial charge in [-0.1, -0.05) is 6.07 Å². The molecule has 0 saturated carbocycles. The van der Waals surface area contributed by atoms with Crippen LogP contribution >= 0.6 is 0 Å². The Labute approximate surface area is 141 Å². The fourth-order valence-electron chi connectivity index (χ4n) is 2.91. The van der Waals surface area contributed by atoms with Crippen molar-refractivity contribution >= 4 is 23.2 Å². The van der Waals surface area contributed by atoms with Crippen molar-refractivity contribution in [1.29, 1.82) is 0 Å². The molecule has 0 radical (unpaired) electrons. The second-order valence-electron chi connectivity index (χ2n) is 6.17. The number of hydrogen-bond acceptors (Lipinski definition) is 3. The first-order valence-electron chi connectivity index (χ1n) is 7.83. The molecule has 0 aromatic heterocycles. The standard InChI is InChI=1S/C19H20N2O3/c1-11-7-12(2)9-15(8-11)20-18(22)14-5-6-16-17(10-14)24-13(3)19(23)21(16)4/h5-10,13H,1-4H3,(H,20,22). The topological polar surface area (TPSA) is 58.6 Å². The van der Waals surface area contributed by atoms with Crippen molar-refractivity contribution in [2.24, 2.45) is 0 Å². The molecule has 1 aliphatic heterocycles. The third-order valence-corrected chi connectivity index (χ3v) is 4.04. The van der Waals surface area contributed by atoms with Crippen molar-refractivity contribution < 1.29 is 14.3 Å². The molecule has 3 rings (SSSR count). The molecule has 0 aliphatic carbocycles. The van der Waals surface area contributed by atoms with Gasteiger partial charge in [-0.2, -0.15) is 0 Å². The van der Waals surface area contributed by atoms with E-state index < -0.39 is 6.10 Å². The van der Waals surface area contributed by atoms with Crippen molar-refractivity contribution in [3.8, 4) is 5.75 Å². The number of amides is 2. The second-order valence-corrected chi connectivity index (χ2v) is 6.17. The summed E-state index contributed by atoms with van der Waals surface area (Å²) in [5.74, 6) is 0.228. The molecule has 2 aromatic carbocycles. The van der Waals surface area contributed by atoms with Gasteiger partial charge in [0.05, 0.1) is 5.69 Å². The SMILES string of the molecule is Cc1cc(C)cc(NC(=O)c2ccc3c(c2)OC(C)C(=O)N3C)c1. The van der Waals surface area contributed by atoms with E-state index in [4.69, 9.17) is 4.74 Å². The molecule has 0 saturated heterocycles. The quantitative estimate of drug-likeness (QED) is 0.922. The summed E-state index contributed by atoms with van der Waals surface area (Å²) in [6, 6.07) is 11.0. The third kappa shape index (κ3) is 2.97. The van der Waals surface area contributed by atoms with Gasteiger partial charge in [0, 0.05) is 18.3 Å². The summed E-state index contributed by atoms with van der Waals surface area (Å²) >= 11 is 0. The summed E-state index contributed by atoms with van der Waals surface area (Å²) in [6.45, 7) is 5.68.